The number of aromatic nitrogens is 4. The zero-order valence-corrected chi connectivity index (χ0v) is 7.15. The molecule has 0 unspecified atom stereocenters. The minimum absolute atomic E-state index is 0.476. The first-order valence-electron chi connectivity index (χ1n) is 3.92. The molecule has 0 aliphatic carbocycles. The van der Waals surface area contributed by atoms with Gasteiger partial charge in [-0.05, 0) is 24.3 Å². The van der Waals surface area contributed by atoms with Crippen molar-refractivity contribution in [1.82, 2.24) is 20.6 Å². The Labute approximate surface area is 75.2 Å². The van der Waals surface area contributed by atoms with Gasteiger partial charge in [0.25, 0.3) is 5.95 Å². The molecule has 1 heterocycles. The summed E-state index contributed by atoms with van der Waals surface area (Å²) in [4.78, 5) is 0. The number of nitrogens with zero attached hydrogens (tertiary/aromatic N) is 3. The van der Waals surface area contributed by atoms with Crippen LogP contribution < -0.4 is 5.32 Å². The Kier molecular flexibility index (Phi) is 1.91. The number of nitrogens with one attached hydrogen (secondary N) is 2. The third kappa shape index (κ3) is 1.81. The van der Waals surface area contributed by atoms with Crippen molar-refractivity contribution in [3.05, 3.63) is 29.8 Å². The van der Waals surface area contributed by atoms with Crippen molar-refractivity contribution in [1.29, 1.82) is 0 Å². The van der Waals surface area contributed by atoms with Crippen molar-refractivity contribution in [3.63, 3.8) is 0 Å². The van der Waals surface area contributed by atoms with Gasteiger partial charge in [-0.1, -0.05) is 22.8 Å². The third-order valence-electron chi connectivity index (χ3n) is 1.65. The molecule has 0 aliphatic rings. The summed E-state index contributed by atoms with van der Waals surface area (Å²) in [5, 5.41) is 16.4. The minimum Gasteiger partial charge on any atom is -0.322 e. The number of anilines is 2. The van der Waals surface area contributed by atoms with Crippen LogP contribution in [0.25, 0.3) is 0 Å². The van der Waals surface area contributed by atoms with Crippen LogP contribution in [0.3, 0.4) is 0 Å². The van der Waals surface area contributed by atoms with E-state index >= 15 is 0 Å². The summed E-state index contributed by atoms with van der Waals surface area (Å²) in [5.41, 5.74) is 2.17. The summed E-state index contributed by atoms with van der Waals surface area (Å²) in [7, 11) is 0. The highest BCUT2D eigenvalue weighted by Gasteiger charge is 1.96. The largest absolute Gasteiger partial charge is 0.322 e. The predicted octanol–water partition coefficient (Wildman–Crippen LogP) is 1.25. The van der Waals surface area contributed by atoms with Crippen LogP contribution in [0.4, 0.5) is 11.6 Å². The fourth-order valence-electron chi connectivity index (χ4n) is 0.981. The summed E-state index contributed by atoms with van der Waals surface area (Å²) in [6.07, 6.45) is 0. The fourth-order valence-corrected chi connectivity index (χ4v) is 0.981. The van der Waals surface area contributed by atoms with Crippen molar-refractivity contribution in [2.45, 2.75) is 6.92 Å². The minimum atomic E-state index is 0.476. The smallest absolute Gasteiger partial charge is 0.267 e. The maximum atomic E-state index is 3.78. The van der Waals surface area contributed by atoms with Crippen molar-refractivity contribution in [3.8, 4) is 0 Å². The zero-order valence-electron chi connectivity index (χ0n) is 7.15. The second kappa shape index (κ2) is 3.22. The van der Waals surface area contributed by atoms with Crippen molar-refractivity contribution in [2.24, 2.45) is 0 Å². The molecule has 1 aromatic carbocycles. The molecule has 0 bridgehead atoms. The molecule has 5 nitrogen and oxygen atoms in total. The van der Waals surface area contributed by atoms with E-state index in [1.165, 1.54) is 5.56 Å². The van der Waals surface area contributed by atoms with Gasteiger partial charge in [0.1, 0.15) is 0 Å². The van der Waals surface area contributed by atoms with Gasteiger partial charge in [-0.15, -0.1) is 5.10 Å². The summed E-state index contributed by atoms with van der Waals surface area (Å²) >= 11 is 0. The molecule has 0 radical (unpaired) electrons. The first-order valence-corrected chi connectivity index (χ1v) is 3.92. The number of aromatic amines is 1. The molecule has 0 saturated carbocycles. The van der Waals surface area contributed by atoms with E-state index in [0.717, 1.165) is 5.69 Å². The maximum Gasteiger partial charge on any atom is 0.267 e. The van der Waals surface area contributed by atoms with Crippen LogP contribution in [-0.2, 0) is 0 Å². The number of benzene rings is 1. The molecule has 1 aromatic heterocycles. The zero-order chi connectivity index (χ0) is 9.10. The molecule has 0 aliphatic heterocycles. The Morgan fingerprint density at radius 1 is 1.23 bits per heavy atom. The van der Waals surface area contributed by atoms with Gasteiger partial charge in [-0.25, -0.2) is 0 Å². The molecular formula is C8H9N5. The monoisotopic (exact) mass is 175 g/mol. The lowest BCUT2D eigenvalue weighted by Crippen LogP contribution is -1.92. The molecule has 5 heteroatoms. The SMILES string of the molecule is Cc1ccc(Nc2nn[nH]n2)cc1. The molecular weight excluding hydrogens is 166 g/mol. The maximum absolute atomic E-state index is 3.78. The van der Waals surface area contributed by atoms with E-state index in [1.807, 2.05) is 31.2 Å². The van der Waals surface area contributed by atoms with Crippen molar-refractivity contribution in [2.75, 3.05) is 5.32 Å². The Balaban J connectivity index is 2.15. The van der Waals surface area contributed by atoms with Crippen LogP contribution in [-0.4, -0.2) is 20.6 Å². The van der Waals surface area contributed by atoms with Crippen LogP contribution in [0.1, 0.15) is 5.56 Å². The van der Waals surface area contributed by atoms with Gasteiger partial charge in [0.15, 0.2) is 0 Å². The molecule has 66 valence electrons. The number of hydrogen-bond donors (Lipinski definition) is 2. The molecule has 13 heavy (non-hydrogen) atoms. The van der Waals surface area contributed by atoms with Crippen LogP contribution >= 0.6 is 0 Å². The van der Waals surface area contributed by atoms with Crippen LogP contribution in [0.15, 0.2) is 24.3 Å². The summed E-state index contributed by atoms with van der Waals surface area (Å²) in [6, 6.07) is 7.96. The average molecular weight is 175 g/mol. The van der Waals surface area contributed by atoms with Crippen molar-refractivity contribution < 1.29 is 0 Å². The van der Waals surface area contributed by atoms with Gasteiger partial charge < -0.3 is 5.32 Å². The lowest BCUT2D eigenvalue weighted by Gasteiger charge is -2.00. The molecule has 0 atom stereocenters. The van der Waals surface area contributed by atoms with Gasteiger partial charge in [0.2, 0.25) is 0 Å². The highest BCUT2D eigenvalue weighted by atomic mass is 15.5. The topological polar surface area (TPSA) is 66.5 Å². The highest BCUT2D eigenvalue weighted by Crippen LogP contribution is 2.11. The van der Waals surface area contributed by atoms with Crippen molar-refractivity contribution >= 4 is 11.6 Å². The molecule has 0 amide bonds. The lowest BCUT2D eigenvalue weighted by atomic mass is 10.2. The standard InChI is InChI=1S/C8H9N5/c1-6-2-4-7(5-3-6)9-8-10-12-13-11-8/h2-5H,1H3,(H2,9,10,11,12,13). The van der Waals surface area contributed by atoms with Crippen LogP contribution in [0.2, 0.25) is 0 Å². The van der Waals surface area contributed by atoms with E-state index in [-0.39, 0.29) is 0 Å². The van der Waals surface area contributed by atoms with E-state index < -0.39 is 0 Å². The fraction of sp³-hybridized carbons (Fsp3) is 0.125. The van der Waals surface area contributed by atoms with E-state index in [0.29, 0.717) is 5.95 Å². The second-order valence-electron chi connectivity index (χ2n) is 2.73. The van der Waals surface area contributed by atoms with E-state index in [1.54, 1.807) is 0 Å². The van der Waals surface area contributed by atoms with Crippen LogP contribution in [0, 0.1) is 6.92 Å². The average Bonchev–Trinajstić information content (AvgIpc) is 2.62. The van der Waals surface area contributed by atoms with E-state index in [2.05, 4.69) is 25.9 Å². The van der Waals surface area contributed by atoms with E-state index in [9.17, 15) is 0 Å². The first kappa shape index (κ1) is 7.72. The Hall–Kier alpha value is -1.91. The Morgan fingerprint density at radius 2 is 2.00 bits per heavy atom. The molecule has 0 spiro atoms. The normalized spacial score (nSPS) is 9.92. The van der Waals surface area contributed by atoms with Gasteiger partial charge in [0.05, 0.1) is 0 Å². The summed E-state index contributed by atoms with van der Waals surface area (Å²) < 4.78 is 0. The number of tetrazole rings is 1. The quantitative estimate of drug-likeness (QED) is 0.720. The van der Waals surface area contributed by atoms with Gasteiger partial charge in [0, 0.05) is 5.69 Å². The number of hydrogen-bond acceptors (Lipinski definition) is 4. The predicted molar refractivity (Wildman–Crippen MR) is 48.6 cm³/mol. The van der Waals surface area contributed by atoms with E-state index in [4.69, 9.17) is 0 Å². The van der Waals surface area contributed by atoms with Crippen LogP contribution in [0.5, 0.6) is 0 Å². The lowest BCUT2D eigenvalue weighted by molar-refractivity contribution is 0.881. The number of aryl methyl sites for hydroxylation is 1. The molecule has 0 saturated heterocycles. The number of rotatable bonds is 2. The Bertz CT molecular complexity index is 364. The Morgan fingerprint density at radius 3 is 2.62 bits per heavy atom. The third-order valence-corrected chi connectivity index (χ3v) is 1.65. The van der Waals surface area contributed by atoms with Gasteiger partial charge in [-0.2, -0.15) is 5.21 Å². The highest BCUT2D eigenvalue weighted by molar-refractivity contribution is 5.52. The van der Waals surface area contributed by atoms with Gasteiger partial charge in [-0.3, -0.25) is 0 Å². The summed E-state index contributed by atoms with van der Waals surface area (Å²) in [5.74, 6) is 0.476. The first-order chi connectivity index (χ1) is 6.34. The molecule has 2 N–H and O–H groups in total. The second-order valence-corrected chi connectivity index (χ2v) is 2.73. The number of H-pyrrole nitrogens is 1. The molecule has 0 fully saturated rings. The summed E-state index contributed by atoms with van der Waals surface area (Å²) in [6.45, 7) is 2.04. The van der Waals surface area contributed by atoms with Gasteiger partial charge >= 0.3 is 0 Å². The molecule has 2 rings (SSSR count). The molecule has 2 aromatic rings.